The van der Waals surface area contributed by atoms with Crippen LogP contribution in [0.4, 0.5) is 0 Å². The second kappa shape index (κ2) is 6.95. The molecule has 1 nitrogen and oxygen atoms in total. The predicted octanol–water partition coefficient (Wildman–Crippen LogP) is 5.69. The summed E-state index contributed by atoms with van der Waals surface area (Å²) in [5, 5.41) is 0.854. The lowest BCUT2D eigenvalue weighted by Crippen LogP contribution is -2.25. The molecular weight excluding hydrogens is 356 g/mol. The first-order chi connectivity index (χ1) is 8.72. The standard InChI is InChI=1S/C15H20Br2O/c1-2-11-4-3-5-13(8-11)18-14-6-7-15(17)12(9-14)10-16/h6-7,9,11,13H,2-5,8,10H2,1H3. The van der Waals surface area contributed by atoms with Crippen LogP contribution in [-0.4, -0.2) is 6.10 Å². The van der Waals surface area contributed by atoms with E-state index in [1.54, 1.807) is 0 Å². The molecule has 1 aliphatic rings. The van der Waals surface area contributed by atoms with E-state index in [2.05, 4.69) is 57.0 Å². The molecule has 0 aliphatic heterocycles. The van der Waals surface area contributed by atoms with Gasteiger partial charge in [-0.1, -0.05) is 51.6 Å². The van der Waals surface area contributed by atoms with E-state index < -0.39 is 0 Å². The van der Waals surface area contributed by atoms with Crippen LogP contribution in [0.1, 0.15) is 44.6 Å². The lowest BCUT2D eigenvalue weighted by atomic mass is 9.85. The molecule has 0 saturated heterocycles. The van der Waals surface area contributed by atoms with E-state index in [1.165, 1.54) is 37.7 Å². The van der Waals surface area contributed by atoms with Gasteiger partial charge in [0.25, 0.3) is 0 Å². The predicted molar refractivity (Wildman–Crippen MR) is 83.4 cm³/mol. The third-order valence-corrected chi connectivity index (χ3v) is 5.15. The highest BCUT2D eigenvalue weighted by Gasteiger charge is 2.22. The summed E-state index contributed by atoms with van der Waals surface area (Å²) >= 11 is 7.05. The smallest absolute Gasteiger partial charge is 0.120 e. The van der Waals surface area contributed by atoms with Crippen LogP contribution in [0, 0.1) is 5.92 Å². The lowest BCUT2D eigenvalue weighted by Gasteiger charge is -2.29. The van der Waals surface area contributed by atoms with Gasteiger partial charge in [-0.05, 0) is 48.9 Å². The first-order valence-electron chi connectivity index (χ1n) is 6.74. The van der Waals surface area contributed by atoms with Crippen molar-refractivity contribution in [2.75, 3.05) is 0 Å². The summed E-state index contributed by atoms with van der Waals surface area (Å²) in [6.45, 7) is 2.29. The summed E-state index contributed by atoms with van der Waals surface area (Å²) in [7, 11) is 0. The Labute approximate surface area is 127 Å². The van der Waals surface area contributed by atoms with Gasteiger partial charge < -0.3 is 4.74 Å². The molecule has 3 heteroatoms. The van der Waals surface area contributed by atoms with Gasteiger partial charge in [-0.25, -0.2) is 0 Å². The van der Waals surface area contributed by atoms with Crippen molar-refractivity contribution >= 4 is 31.9 Å². The van der Waals surface area contributed by atoms with Crippen molar-refractivity contribution in [2.45, 2.75) is 50.5 Å². The van der Waals surface area contributed by atoms with Gasteiger partial charge in [-0.15, -0.1) is 0 Å². The zero-order chi connectivity index (χ0) is 13.0. The molecule has 2 rings (SSSR count). The number of alkyl halides is 1. The molecule has 1 aliphatic carbocycles. The number of hydrogen-bond acceptors (Lipinski definition) is 1. The normalized spacial score (nSPS) is 23.9. The zero-order valence-electron chi connectivity index (χ0n) is 10.8. The second-order valence-corrected chi connectivity index (χ2v) is 6.48. The Balaban J connectivity index is 2.00. The van der Waals surface area contributed by atoms with Crippen molar-refractivity contribution in [3.8, 4) is 5.75 Å². The monoisotopic (exact) mass is 374 g/mol. The number of hydrogen-bond donors (Lipinski definition) is 0. The van der Waals surface area contributed by atoms with Crippen molar-refractivity contribution in [1.82, 2.24) is 0 Å². The highest BCUT2D eigenvalue weighted by atomic mass is 79.9. The van der Waals surface area contributed by atoms with Gasteiger partial charge >= 0.3 is 0 Å². The van der Waals surface area contributed by atoms with Crippen LogP contribution < -0.4 is 4.74 Å². The van der Waals surface area contributed by atoms with Crippen molar-refractivity contribution in [3.63, 3.8) is 0 Å². The van der Waals surface area contributed by atoms with Gasteiger partial charge in [-0.2, -0.15) is 0 Å². The van der Waals surface area contributed by atoms with Crippen LogP contribution in [-0.2, 0) is 5.33 Å². The van der Waals surface area contributed by atoms with Crippen LogP contribution >= 0.6 is 31.9 Å². The average molecular weight is 376 g/mol. The highest BCUT2D eigenvalue weighted by molar-refractivity contribution is 9.10. The molecule has 1 aromatic carbocycles. The van der Waals surface area contributed by atoms with Gasteiger partial charge in [0.2, 0.25) is 0 Å². The quantitative estimate of drug-likeness (QED) is 0.614. The van der Waals surface area contributed by atoms with Crippen LogP contribution in [0.25, 0.3) is 0 Å². The SMILES string of the molecule is CCC1CCCC(Oc2ccc(Br)c(CBr)c2)C1. The second-order valence-electron chi connectivity index (χ2n) is 5.07. The highest BCUT2D eigenvalue weighted by Crippen LogP contribution is 2.31. The summed E-state index contributed by atoms with van der Waals surface area (Å²) in [6, 6.07) is 6.27. The van der Waals surface area contributed by atoms with Crippen molar-refractivity contribution in [2.24, 2.45) is 5.92 Å². The number of rotatable bonds is 4. The van der Waals surface area contributed by atoms with Gasteiger partial charge in [0, 0.05) is 9.80 Å². The zero-order valence-corrected chi connectivity index (χ0v) is 14.0. The molecule has 0 heterocycles. The first-order valence-corrected chi connectivity index (χ1v) is 8.65. The van der Waals surface area contributed by atoms with Gasteiger partial charge in [0.15, 0.2) is 0 Å². The molecule has 0 amide bonds. The Morgan fingerprint density at radius 3 is 2.89 bits per heavy atom. The number of halogens is 2. The molecule has 2 unspecified atom stereocenters. The molecule has 1 saturated carbocycles. The van der Waals surface area contributed by atoms with Crippen molar-refractivity contribution in [3.05, 3.63) is 28.2 Å². The fourth-order valence-electron chi connectivity index (χ4n) is 2.64. The van der Waals surface area contributed by atoms with Gasteiger partial charge in [-0.3, -0.25) is 0 Å². The Morgan fingerprint density at radius 1 is 1.33 bits per heavy atom. The summed E-state index contributed by atoms with van der Waals surface area (Å²) < 4.78 is 7.28. The Bertz CT molecular complexity index is 392. The molecule has 0 radical (unpaired) electrons. The minimum Gasteiger partial charge on any atom is -0.490 e. The fourth-order valence-corrected chi connectivity index (χ4v) is 3.87. The van der Waals surface area contributed by atoms with Crippen LogP contribution in [0.2, 0.25) is 0 Å². The van der Waals surface area contributed by atoms with Gasteiger partial charge in [0.1, 0.15) is 5.75 Å². The Hall–Kier alpha value is -0.0200. The molecule has 0 N–H and O–H groups in total. The average Bonchev–Trinajstić information content (AvgIpc) is 2.41. The minimum absolute atomic E-state index is 0.410. The van der Waals surface area contributed by atoms with E-state index in [-0.39, 0.29) is 0 Å². The molecule has 0 bridgehead atoms. The largest absolute Gasteiger partial charge is 0.490 e. The topological polar surface area (TPSA) is 9.23 Å². The molecular formula is C15H20Br2O. The molecule has 0 spiro atoms. The van der Waals surface area contributed by atoms with E-state index in [9.17, 15) is 0 Å². The van der Waals surface area contributed by atoms with E-state index in [0.29, 0.717) is 6.10 Å². The van der Waals surface area contributed by atoms with Crippen molar-refractivity contribution in [1.29, 1.82) is 0 Å². The summed E-state index contributed by atoms with van der Waals surface area (Å²) in [4.78, 5) is 0. The van der Waals surface area contributed by atoms with Crippen LogP contribution in [0.15, 0.2) is 22.7 Å². The van der Waals surface area contributed by atoms with E-state index >= 15 is 0 Å². The Kier molecular flexibility index (Phi) is 5.56. The number of ether oxygens (including phenoxy) is 1. The molecule has 0 aromatic heterocycles. The third-order valence-electron chi connectivity index (χ3n) is 3.78. The molecule has 1 aromatic rings. The van der Waals surface area contributed by atoms with Crippen LogP contribution in [0.5, 0.6) is 5.75 Å². The molecule has 2 atom stereocenters. The summed E-state index contributed by atoms with van der Waals surface area (Å²) in [5.74, 6) is 1.87. The maximum Gasteiger partial charge on any atom is 0.120 e. The van der Waals surface area contributed by atoms with Crippen LogP contribution in [0.3, 0.4) is 0 Å². The summed E-state index contributed by atoms with van der Waals surface area (Å²) in [5.41, 5.74) is 1.25. The lowest BCUT2D eigenvalue weighted by molar-refractivity contribution is 0.122. The molecule has 100 valence electrons. The summed E-state index contributed by atoms with van der Waals surface area (Å²) in [6.07, 6.45) is 6.81. The fraction of sp³-hybridized carbons (Fsp3) is 0.600. The van der Waals surface area contributed by atoms with Crippen molar-refractivity contribution < 1.29 is 4.74 Å². The number of benzene rings is 1. The van der Waals surface area contributed by atoms with Gasteiger partial charge in [0.05, 0.1) is 6.10 Å². The minimum atomic E-state index is 0.410. The molecule has 1 fully saturated rings. The maximum atomic E-state index is 6.14. The first kappa shape index (κ1) is 14.4. The Morgan fingerprint density at radius 2 is 2.17 bits per heavy atom. The maximum absolute atomic E-state index is 6.14. The van der Waals surface area contributed by atoms with E-state index in [0.717, 1.165) is 21.5 Å². The third kappa shape index (κ3) is 3.74. The van der Waals surface area contributed by atoms with E-state index in [4.69, 9.17) is 4.74 Å². The van der Waals surface area contributed by atoms with E-state index in [1.807, 2.05) is 0 Å². The molecule has 18 heavy (non-hydrogen) atoms.